The van der Waals surface area contributed by atoms with Crippen LogP contribution in [0.2, 0.25) is 0 Å². The summed E-state index contributed by atoms with van der Waals surface area (Å²) in [5.74, 6) is -1.05. The molecule has 1 aromatic carbocycles. The Labute approximate surface area is 202 Å². The van der Waals surface area contributed by atoms with Gasteiger partial charge in [0.15, 0.2) is 0 Å². The van der Waals surface area contributed by atoms with Crippen LogP contribution >= 0.6 is 0 Å². The van der Waals surface area contributed by atoms with Crippen molar-refractivity contribution in [1.29, 1.82) is 0 Å². The van der Waals surface area contributed by atoms with Crippen LogP contribution < -0.4 is 5.73 Å². The second kappa shape index (κ2) is 11.7. The quantitative estimate of drug-likeness (QED) is 0.428. The fraction of sp³-hybridized carbons (Fsp3) is 0.654. The number of nitrogens with two attached hydrogens (primary N) is 1. The number of fused-ring (bicyclic) bond motifs is 2. The standard InChI is InChI=1S/C26H39N3O5/c1-3-17(4-2)16-28(23(30)10-11-24(31)32)12-13-29-19-8-9-20(29)15-18(14-19)21-6-5-7-22(25(21)33)26(27)34/h5-7,17-20,33H,3-4,8-16H2,1-2H3,(H2,27,34)(H,31,32)/t18?,19-,20+. The normalized spacial score (nSPS) is 22.1. The third-order valence-corrected chi connectivity index (χ3v) is 7.82. The first-order valence-electron chi connectivity index (χ1n) is 12.6. The first kappa shape index (κ1) is 26.0. The first-order valence-corrected chi connectivity index (χ1v) is 12.6. The maximum atomic E-state index is 12.8. The average Bonchev–Trinajstić information content (AvgIpc) is 3.04. The van der Waals surface area contributed by atoms with Crippen molar-refractivity contribution < 1.29 is 24.6 Å². The minimum Gasteiger partial charge on any atom is -0.507 e. The molecule has 0 spiro atoms. The fourth-order valence-corrected chi connectivity index (χ4v) is 5.77. The molecule has 1 aromatic rings. The number of rotatable bonds is 12. The van der Waals surface area contributed by atoms with Crippen molar-refractivity contribution in [2.75, 3.05) is 19.6 Å². The van der Waals surface area contributed by atoms with Crippen molar-refractivity contribution in [3.8, 4) is 5.75 Å². The van der Waals surface area contributed by atoms with Crippen LogP contribution in [-0.2, 0) is 9.59 Å². The predicted molar refractivity (Wildman–Crippen MR) is 130 cm³/mol. The lowest BCUT2D eigenvalue weighted by atomic mass is 9.83. The number of hydrogen-bond donors (Lipinski definition) is 3. The van der Waals surface area contributed by atoms with E-state index in [9.17, 15) is 19.5 Å². The Morgan fingerprint density at radius 1 is 1.12 bits per heavy atom. The summed E-state index contributed by atoms with van der Waals surface area (Å²) in [5, 5.41) is 19.6. The number of piperidine rings is 1. The molecule has 3 atom stereocenters. The first-order chi connectivity index (χ1) is 16.2. The second-order valence-corrected chi connectivity index (χ2v) is 9.81. The van der Waals surface area contributed by atoms with Gasteiger partial charge in [0.25, 0.3) is 5.91 Å². The topological polar surface area (TPSA) is 124 Å². The molecule has 2 fully saturated rings. The van der Waals surface area contributed by atoms with E-state index >= 15 is 0 Å². The zero-order chi connectivity index (χ0) is 24.8. The van der Waals surface area contributed by atoms with Gasteiger partial charge in [-0.2, -0.15) is 0 Å². The van der Waals surface area contributed by atoms with E-state index in [4.69, 9.17) is 10.8 Å². The van der Waals surface area contributed by atoms with Crippen LogP contribution in [0.1, 0.15) is 87.1 Å². The highest BCUT2D eigenvalue weighted by molar-refractivity contribution is 5.96. The molecule has 2 saturated heterocycles. The van der Waals surface area contributed by atoms with Crippen molar-refractivity contribution in [2.45, 2.75) is 83.2 Å². The van der Waals surface area contributed by atoms with Gasteiger partial charge in [0.1, 0.15) is 5.75 Å². The number of nitrogens with zero attached hydrogens (tertiary/aromatic N) is 2. The Morgan fingerprint density at radius 3 is 2.32 bits per heavy atom. The number of phenols is 1. The van der Waals surface area contributed by atoms with Crippen molar-refractivity contribution in [3.63, 3.8) is 0 Å². The summed E-state index contributed by atoms with van der Waals surface area (Å²) in [6, 6.07) is 5.96. The third kappa shape index (κ3) is 6.09. The summed E-state index contributed by atoms with van der Waals surface area (Å²) in [4.78, 5) is 39.8. The van der Waals surface area contributed by atoms with Crippen LogP contribution in [0.3, 0.4) is 0 Å². The number of carbonyl (C=O) groups is 3. The monoisotopic (exact) mass is 473 g/mol. The number of amides is 2. The lowest BCUT2D eigenvalue weighted by Crippen LogP contribution is -2.47. The maximum Gasteiger partial charge on any atom is 0.303 e. The van der Waals surface area contributed by atoms with Crippen molar-refractivity contribution in [3.05, 3.63) is 29.3 Å². The minimum atomic E-state index is -0.945. The molecule has 3 rings (SSSR count). The molecule has 0 aromatic heterocycles. The van der Waals surface area contributed by atoms with E-state index in [0.29, 0.717) is 31.1 Å². The smallest absolute Gasteiger partial charge is 0.303 e. The number of aliphatic carboxylic acids is 1. The molecular formula is C26H39N3O5. The summed E-state index contributed by atoms with van der Waals surface area (Å²) in [6.45, 7) is 6.30. The van der Waals surface area contributed by atoms with E-state index in [0.717, 1.165) is 50.6 Å². The van der Waals surface area contributed by atoms with Gasteiger partial charge in [-0.05, 0) is 49.1 Å². The van der Waals surface area contributed by atoms with Crippen LogP contribution in [0, 0.1) is 5.92 Å². The van der Waals surface area contributed by atoms with Gasteiger partial charge in [-0.3, -0.25) is 19.3 Å². The van der Waals surface area contributed by atoms with Crippen LogP contribution in [-0.4, -0.2) is 69.5 Å². The lowest BCUT2D eigenvalue weighted by molar-refractivity contribution is -0.141. The Balaban J connectivity index is 1.66. The molecule has 8 heteroatoms. The number of aromatic hydroxyl groups is 1. The van der Waals surface area contributed by atoms with Crippen molar-refractivity contribution >= 4 is 17.8 Å². The van der Waals surface area contributed by atoms with E-state index in [1.54, 1.807) is 12.1 Å². The summed E-state index contributed by atoms with van der Waals surface area (Å²) in [7, 11) is 0. The number of primary amides is 1. The summed E-state index contributed by atoms with van der Waals surface area (Å²) < 4.78 is 0. The van der Waals surface area contributed by atoms with Crippen molar-refractivity contribution in [2.24, 2.45) is 11.7 Å². The Bertz CT molecular complexity index is 871. The van der Waals surface area contributed by atoms with Crippen LogP contribution in [0.25, 0.3) is 0 Å². The minimum absolute atomic E-state index is 0.00762. The van der Waals surface area contributed by atoms with Crippen LogP contribution in [0.15, 0.2) is 18.2 Å². The Hall–Kier alpha value is -2.61. The molecule has 8 nitrogen and oxygen atoms in total. The van der Waals surface area contributed by atoms with E-state index < -0.39 is 11.9 Å². The van der Waals surface area contributed by atoms with Gasteiger partial charge in [-0.1, -0.05) is 38.8 Å². The largest absolute Gasteiger partial charge is 0.507 e. The molecule has 188 valence electrons. The molecule has 2 bridgehead atoms. The predicted octanol–water partition coefficient (Wildman–Crippen LogP) is 3.33. The van der Waals surface area contributed by atoms with E-state index in [-0.39, 0.29) is 36.0 Å². The van der Waals surface area contributed by atoms with Crippen LogP contribution in [0.5, 0.6) is 5.75 Å². The number of para-hydroxylation sites is 1. The van der Waals surface area contributed by atoms with Gasteiger partial charge in [0.05, 0.1) is 12.0 Å². The van der Waals surface area contributed by atoms with Gasteiger partial charge in [-0.15, -0.1) is 0 Å². The van der Waals surface area contributed by atoms with Gasteiger partial charge in [0.2, 0.25) is 5.91 Å². The zero-order valence-electron chi connectivity index (χ0n) is 20.4. The van der Waals surface area contributed by atoms with E-state index in [1.165, 1.54) is 0 Å². The highest BCUT2D eigenvalue weighted by atomic mass is 16.4. The van der Waals surface area contributed by atoms with E-state index in [1.807, 2.05) is 11.0 Å². The molecule has 0 saturated carbocycles. The molecule has 2 heterocycles. The summed E-state index contributed by atoms with van der Waals surface area (Å²) in [5.41, 5.74) is 6.38. The third-order valence-electron chi connectivity index (χ3n) is 7.82. The zero-order valence-corrected chi connectivity index (χ0v) is 20.4. The maximum absolute atomic E-state index is 12.8. The Morgan fingerprint density at radius 2 is 1.76 bits per heavy atom. The molecule has 4 N–H and O–H groups in total. The fourth-order valence-electron chi connectivity index (χ4n) is 5.77. The second-order valence-electron chi connectivity index (χ2n) is 9.81. The molecule has 0 radical (unpaired) electrons. The molecule has 1 unspecified atom stereocenters. The van der Waals surface area contributed by atoms with Gasteiger partial charge in [-0.25, -0.2) is 0 Å². The molecule has 2 aliphatic heterocycles. The molecule has 2 amide bonds. The molecular weight excluding hydrogens is 434 g/mol. The van der Waals surface area contributed by atoms with Gasteiger partial charge >= 0.3 is 5.97 Å². The summed E-state index contributed by atoms with van der Waals surface area (Å²) in [6.07, 6.45) is 5.83. The molecule has 34 heavy (non-hydrogen) atoms. The SMILES string of the molecule is CCC(CC)CN(CCN1[C@@H]2CC[C@H]1CC(c1cccc(C(N)=O)c1O)C2)C(=O)CCC(=O)O. The lowest BCUT2D eigenvalue weighted by Gasteiger charge is -2.40. The molecule has 2 aliphatic rings. The highest BCUT2D eigenvalue weighted by Gasteiger charge is 2.41. The van der Waals surface area contributed by atoms with Gasteiger partial charge < -0.3 is 20.8 Å². The number of carboxylic acids is 1. The molecule has 0 aliphatic carbocycles. The van der Waals surface area contributed by atoms with Crippen LogP contribution in [0.4, 0.5) is 0 Å². The van der Waals surface area contributed by atoms with Crippen molar-refractivity contribution in [1.82, 2.24) is 9.80 Å². The number of carboxylic acid groups (broad SMARTS) is 1. The Kier molecular flexibility index (Phi) is 8.94. The number of benzene rings is 1. The number of hydrogen-bond acceptors (Lipinski definition) is 5. The highest BCUT2D eigenvalue weighted by Crippen LogP contribution is 2.45. The average molecular weight is 474 g/mol. The van der Waals surface area contributed by atoms with E-state index in [2.05, 4.69) is 18.7 Å². The van der Waals surface area contributed by atoms with Gasteiger partial charge in [0, 0.05) is 38.1 Å². The summed E-state index contributed by atoms with van der Waals surface area (Å²) >= 11 is 0. The number of carbonyl (C=O) groups excluding carboxylic acids is 2.